The molecule has 5 heavy (non-hydrogen) atoms. The summed E-state index contributed by atoms with van der Waals surface area (Å²) in [5.74, 6) is 0. The lowest BCUT2D eigenvalue weighted by Crippen LogP contribution is -2.11. The second kappa shape index (κ2) is 2.25. The number of halogens is 1. The lowest BCUT2D eigenvalue weighted by Gasteiger charge is -1.77. The van der Waals surface area contributed by atoms with Crippen LogP contribution in [0.4, 0.5) is 4.79 Å². The van der Waals surface area contributed by atoms with E-state index >= 15 is 0 Å². The number of carbonyl (C=O) groups is 1. The van der Waals surface area contributed by atoms with Gasteiger partial charge >= 0.3 is 0 Å². The molecule has 0 saturated carbocycles. The monoisotopic (exact) mass is 186 g/mol. The summed E-state index contributed by atoms with van der Waals surface area (Å²) in [4.78, 5) is 9.12. The van der Waals surface area contributed by atoms with Crippen molar-refractivity contribution in [2.75, 3.05) is 0 Å². The highest BCUT2D eigenvalue weighted by molar-refractivity contribution is 14.2. The molecule has 0 aliphatic carbocycles. The molecule has 0 spiro atoms. The van der Waals surface area contributed by atoms with E-state index < -0.39 is 25.0 Å². The summed E-state index contributed by atoms with van der Waals surface area (Å²) in [5.41, 5.74) is 0. The van der Waals surface area contributed by atoms with Crippen molar-refractivity contribution in [3.63, 3.8) is 0 Å². The molecule has 0 aromatic heterocycles. The summed E-state index contributed by atoms with van der Waals surface area (Å²) >= 11 is -1.40. The fourth-order valence-corrected chi connectivity index (χ4v) is 0. The first kappa shape index (κ1) is 5.00. The summed E-state index contributed by atoms with van der Waals surface area (Å²) in [6.07, 6.45) is 0. The lowest BCUT2D eigenvalue weighted by atomic mass is 11.7. The van der Waals surface area contributed by atoms with Crippen LogP contribution in [0.15, 0.2) is 0 Å². The van der Waals surface area contributed by atoms with Gasteiger partial charge in [0, 0.05) is 21.0 Å². The molecule has 0 aliphatic rings. The minimum absolute atomic E-state index is 1.22. The van der Waals surface area contributed by atoms with E-state index in [0.29, 0.717) is 0 Å². The second-order valence-electron chi connectivity index (χ2n) is 0.332. The highest BCUT2D eigenvalue weighted by Gasteiger charge is 1.60. The molecule has 4 heteroatoms. The van der Waals surface area contributed by atoms with E-state index in [1.165, 1.54) is 0 Å². The number of carboxylic acid groups (broad SMARTS) is 1. The SMILES string of the molecule is N=IC(=O)[O-]. The van der Waals surface area contributed by atoms with Gasteiger partial charge in [0.05, 0.1) is 0 Å². The van der Waals surface area contributed by atoms with Crippen molar-refractivity contribution < 1.29 is 9.90 Å². The Labute approximate surface area is 38.9 Å². The predicted octanol–water partition coefficient (Wildman–Crippen LogP) is 0.0628. The van der Waals surface area contributed by atoms with E-state index in [2.05, 4.69) is 0 Å². The molecule has 0 bridgehead atoms. The van der Waals surface area contributed by atoms with Crippen molar-refractivity contribution in [3.05, 3.63) is 0 Å². The Morgan fingerprint density at radius 2 is 2.20 bits per heavy atom. The Bertz CT molecular complexity index is 60.7. The maximum absolute atomic E-state index is 9.12. The van der Waals surface area contributed by atoms with Crippen molar-refractivity contribution in [1.29, 1.82) is 3.56 Å². The summed E-state index contributed by atoms with van der Waals surface area (Å²) in [6, 6.07) is 0. The Morgan fingerprint density at radius 1 is 2.00 bits per heavy atom. The topological polar surface area (TPSA) is 64.0 Å². The average molecular weight is 186 g/mol. The maximum atomic E-state index is 9.12. The smallest absolute Gasteiger partial charge is 0.115 e. The molecule has 0 rings (SSSR count). The van der Waals surface area contributed by atoms with Crippen LogP contribution in [-0.2, 0) is 0 Å². The molecule has 0 atom stereocenters. The lowest BCUT2D eigenvalue weighted by molar-refractivity contribution is -0.229. The van der Waals surface area contributed by atoms with Crippen molar-refractivity contribution in [2.45, 2.75) is 0 Å². The van der Waals surface area contributed by atoms with Gasteiger partial charge in [-0.1, -0.05) is 0 Å². The van der Waals surface area contributed by atoms with Gasteiger partial charge in [-0.2, -0.15) is 0 Å². The zero-order chi connectivity index (χ0) is 4.28. The largest absolute Gasteiger partial charge is 0.538 e. The van der Waals surface area contributed by atoms with Crippen molar-refractivity contribution >= 4 is 25.0 Å². The first-order chi connectivity index (χ1) is 2.27. The third-order valence-electron chi connectivity index (χ3n) is 0.0772. The number of carbonyl (C=O) groups excluding carboxylic acids is 1. The van der Waals surface area contributed by atoms with Crippen LogP contribution < -0.4 is 5.11 Å². The molecule has 0 aromatic carbocycles. The Hall–Kier alpha value is 0. The molecule has 0 aromatic rings. The van der Waals surface area contributed by atoms with Gasteiger partial charge < -0.3 is 9.90 Å². The highest BCUT2D eigenvalue weighted by atomic mass is 127. The fourth-order valence-electron chi connectivity index (χ4n) is 0. The van der Waals surface area contributed by atoms with E-state index in [-0.39, 0.29) is 0 Å². The molecule has 1 N–H and O–H groups in total. The van der Waals surface area contributed by atoms with E-state index in [1.54, 1.807) is 0 Å². The molecule has 0 unspecified atom stereocenters. The van der Waals surface area contributed by atoms with Gasteiger partial charge in [-0.3, -0.25) is 3.56 Å². The fraction of sp³-hybridized carbons (Fsp3) is 0. The van der Waals surface area contributed by atoms with Gasteiger partial charge in [0.2, 0.25) is 0 Å². The van der Waals surface area contributed by atoms with Crippen LogP contribution in [0, 0.1) is 3.56 Å². The standard InChI is InChI=1S/CH2INO2/c3-2-1(4)5/h3H,(H,4,5)/p-1. The summed E-state index contributed by atoms with van der Waals surface area (Å²) in [6.45, 7) is 0. The third kappa shape index (κ3) is 4.00. The van der Waals surface area contributed by atoms with Crippen LogP contribution in [-0.4, -0.2) is 3.98 Å². The highest BCUT2D eigenvalue weighted by Crippen LogP contribution is 1.86. The normalized spacial score (nSPS) is 7.20. The van der Waals surface area contributed by atoms with Crippen LogP contribution in [0.5, 0.6) is 0 Å². The molecule has 0 radical (unpaired) electrons. The zero-order valence-electron chi connectivity index (χ0n) is 2.19. The Kier molecular flexibility index (Phi) is 2.25. The summed E-state index contributed by atoms with van der Waals surface area (Å²) in [7, 11) is 0. The van der Waals surface area contributed by atoms with Crippen LogP contribution in [0.1, 0.15) is 0 Å². The molecule has 0 saturated heterocycles. The van der Waals surface area contributed by atoms with Gasteiger partial charge in [0.15, 0.2) is 0 Å². The zero-order valence-corrected chi connectivity index (χ0v) is 4.35. The molecule has 30 valence electrons. The molecular weight excluding hydrogens is 185 g/mol. The quantitative estimate of drug-likeness (QED) is 0.464. The van der Waals surface area contributed by atoms with Gasteiger partial charge in [-0.25, -0.2) is 0 Å². The van der Waals surface area contributed by atoms with Crippen LogP contribution >= 0.6 is 21.0 Å². The first-order valence-electron chi connectivity index (χ1n) is 0.786. The number of rotatable bonds is 1. The predicted molar refractivity (Wildman–Crippen MR) is 22.1 cm³/mol. The van der Waals surface area contributed by atoms with Gasteiger partial charge in [-0.05, 0) is 0 Å². The Morgan fingerprint density at radius 3 is 2.20 bits per heavy atom. The maximum Gasteiger partial charge on any atom is 0.115 e. The molecule has 3 nitrogen and oxygen atoms in total. The van der Waals surface area contributed by atoms with E-state index in [4.69, 9.17) is 13.5 Å². The van der Waals surface area contributed by atoms with E-state index in [9.17, 15) is 0 Å². The molecular formula is CHINO2-. The minimum atomic E-state index is -1.40. The van der Waals surface area contributed by atoms with Crippen molar-refractivity contribution in [1.82, 2.24) is 0 Å². The average Bonchev–Trinajstić information content (AvgIpc) is 1.38. The van der Waals surface area contributed by atoms with Gasteiger partial charge in [-0.15, -0.1) is 0 Å². The number of hydrogen-bond acceptors (Lipinski definition) is 3. The Balaban J connectivity index is 3.20. The van der Waals surface area contributed by atoms with Crippen molar-refractivity contribution in [3.8, 4) is 0 Å². The van der Waals surface area contributed by atoms with E-state index in [1.807, 2.05) is 0 Å². The number of hydrogen-bond donors (Lipinski definition) is 1. The third-order valence-corrected chi connectivity index (χ3v) is 0.518. The second-order valence-corrected chi connectivity index (χ2v) is 1.75. The van der Waals surface area contributed by atoms with Crippen LogP contribution in [0.25, 0.3) is 0 Å². The first-order valence-corrected chi connectivity index (χ1v) is 2.94. The summed E-state index contributed by atoms with van der Waals surface area (Å²) in [5, 5.41) is 9.12. The van der Waals surface area contributed by atoms with Crippen LogP contribution in [0.2, 0.25) is 0 Å². The van der Waals surface area contributed by atoms with E-state index in [0.717, 1.165) is 0 Å². The number of nitrogens with one attached hydrogen (secondary N) is 1. The molecule has 0 heterocycles. The molecule has 0 fully saturated rings. The summed E-state index contributed by atoms with van der Waals surface area (Å²) < 4.78 is 4.89. The molecule has 0 amide bonds. The van der Waals surface area contributed by atoms with Gasteiger partial charge in [0.1, 0.15) is 3.98 Å². The molecule has 0 aliphatic heterocycles. The minimum Gasteiger partial charge on any atom is -0.538 e. The van der Waals surface area contributed by atoms with Gasteiger partial charge in [0.25, 0.3) is 0 Å². The van der Waals surface area contributed by atoms with Crippen LogP contribution in [0.3, 0.4) is 0 Å². The van der Waals surface area contributed by atoms with Crippen molar-refractivity contribution in [2.24, 2.45) is 0 Å².